The molecule has 0 aliphatic carbocycles. The van der Waals surface area contributed by atoms with Crippen LogP contribution in [-0.2, 0) is 0 Å². The number of nitrogens with zero attached hydrogens (tertiary/aromatic N) is 2. The Morgan fingerprint density at radius 1 is 0.467 bits per heavy atom. The van der Waals surface area contributed by atoms with Gasteiger partial charge < -0.3 is 4.42 Å². The average molecular weight is 595 g/mol. The Morgan fingerprint density at radius 3 is 1.87 bits per heavy atom. The van der Waals surface area contributed by atoms with Gasteiger partial charge in [0.1, 0.15) is 16.9 Å². The summed E-state index contributed by atoms with van der Waals surface area (Å²) in [6.07, 6.45) is 0. The van der Waals surface area contributed by atoms with E-state index in [0.29, 0.717) is 0 Å². The largest absolute Gasteiger partial charge is 0.454 e. The first-order valence-electron chi connectivity index (χ1n) is 15.0. The van der Waals surface area contributed by atoms with Crippen molar-refractivity contribution in [1.29, 1.82) is 0 Å². The molecule has 0 aliphatic heterocycles. The third-order valence-electron chi connectivity index (χ3n) is 8.51. The summed E-state index contributed by atoms with van der Waals surface area (Å²) >= 11 is 1.83. The molecule has 0 unspecified atom stereocenters. The van der Waals surface area contributed by atoms with Gasteiger partial charge >= 0.3 is 0 Å². The molecular formula is C41H26N2OS. The Kier molecular flexibility index (Phi) is 6.00. The maximum atomic E-state index is 6.13. The van der Waals surface area contributed by atoms with Crippen LogP contribution in [0, 0.1) is 0 Å². The lowest BCUT2D eigenvalue weighted by atomic mass is 10.00. The molecule has 3 nitrogen and oxygen atoms in total. The highest BCUT2D eigenvalue weighted by molar-refractivity contribution is 7.26. The average Bonchev–Trinajstić information content (AvgIpc) is 3.68. The van der Waals surface area contributed by atoms with Crippen LogP contribution in [0.1, 0.15) is 0 Å². The van der Waals surface area contributed by atoms with Crippen LogP contribution in [0.2, 0.25) is 0 Å². The number of fused-ring (bicyclic) bond motifs is 6. The molecule has 4 heteroatoms. The minimum Gasteiger partial charge on any atom is -0.454 e. The van der Waals surface area contributed by atoms with Gasteiger partial charge in [0.05, 0.1) is 10.4 Å². The van der Waals surface area contributed by atoms with Gasteiger partial charge in [0.25, 0.3) is 0 Å². The first-order chi connectivity index (χ1) is 22.3. The van der Waals surface area contributed by atoms with Crippen molar-refractivity contribution in [3.8, 4) is 22.3 Å². The van der Waals surface area contributed by atoms with Crippen LogP contribution in [0.25, 0.3) is 64.5 Å². The Hall–Kier alpha value is -5.71. The van der Waals surface area contributed by atoms with E-state index in [-0.39, 0.29) is 0 Å². The molecule has 0 bridgehead atoms. The number of benzene rings is 6. The van der Waals surface area contributed by atoms with Crippen LogP contribution in [0.5, 0.6) is 0 Å². The van der Waals surface area contributed by atoms with E-state index >= 15 is 0 Å². The van der Waals surface area contributed by atoms with Gasteiger partial charge in [0.15, 0.2) is 5.58 Å². The second-order valence-corrected chi connectivity index (χ2v) is 12.2. The predicted octanol–water partition coefficient (Wildman–Crippen LogP) is 12.2. The van der Waals surface area contributed by atoms with Crippen molar-refractivity contribution in [3.63, 3.8) is 0 Å². The summed E-state index contributed by atoms with van der Waals surface area (Å²) in [7, 11) is 0. The van der Waals surface area contributed by atoms with Crippen LogP contribution in [0.4, 0.5) is 17.2 Å². The predicted molar refractivity (Wildman–Crippen MR) is 190 cm³/mol. The van der Waals surface area contributed by atoms with E-state index in [2.05, 4.69) is 138 Å². The van der Waals surface area contributed by atoms with E-state index in [0.717, 1.165) is 39.3 Å². The van der Waals surface area contributed by atoms with Gasteiger partial charge in [-0.15, -0.1) is 11.3 Å². The van der Waals surface area contributed by atoms with Gasteiger partial charge in [0.2, 0.25) is 0 Å². The maximum absolute atomic E-state index is 6.13. The van der Waals surface area contributed by atoms with Crippen molar-refractivity contribution in [3.05, 3.63) is 158 Å². The van der Waals surface area contributed by atoms with Crippen LogP contribution < -0.4 is 4.90 Å². The molecule has 0 saturated heterocycles. The monoisotopic (exact) mass is 594 g/mol. The number of anilines is 3. The molecule has 0 saturated carbocycles. The molecule has 0 amide bonds. The molecule has 0 spiro atoms. The van der Waals surface area contributed by atoms with Gasteiger partial charge in [-0.25, -0.2) is 4.98 Å². The van der Waals surface area contributed by atoms with Gasteiger partial charge in [-0.05, 0) is 70.8 Å². The Labute approximate surface area is 264 Å². The summed E-state index contributed by atoms with van der Waals surface area (Å²) in [6.45, 7) is 0. The zero-order valence-corrected chi connectivity index (χ0v) is 25.0. The molecule has 212 valence electrons. The third-order valence-corrected chi connectivity index (χ3v) is 9.72. The summed E-state index contributed by atoms with van der Waals surface area (Å²) in [6, 6.07) is 55.5. The fraction of sp³-hybridized carbons (Fsp3) is 0. The summed E-state index contributed by atoms with van der Waals surface area (Å²) in [5, 5.41) is 3.55. The van der Waals surface area contributed by atoms with E-state index < -0.39 is 0 Å². The van der Waals surface area contributed by atoms with Gasteiger partial charge in [0, 0.05) is 26.5 Å². The zero-order chi connectivity index (χ0) is 29.7. The van der Waals surface area contributed by atoms with E-state index in [4.69, 9.17) is 9.40 Å². The molecule has 45 heavy (non-hydrogen) atoms. The zero-order valence-electron chi connectivity index (χ0n) is 24.2. The maximum Gasteiger partial charge on any atom is 0.154 e. The molecule has 3 heterocycles. The molecule has 0 atom stereocenters. The highest BCUT2D eigenvalue weighted by atomic mass is 32.1. The Balaban J connectivity index is 1.19. The number of pyridine rings is 1. The molecule has 0 aliphatic rings. The third kappa shape index (κ3) is 4.38. The summed E-state index contributed by atoms with van der Waals surface area (Å²) in [5.74, 6) is 0.846. The fourth-order valence-electron chi connectivity index (χ4n) is 6.30. The number of furan rings is 1. The quantitative estimate of drug-likeness (QED) is 0.198. The highest BCUT2D eigenvalue weighted by Gasteiger charge is 2.20. The smallest absolute Gasteiger partial charge is 0.154 e. The summed E-state index contributed by atoms with van der Waals surface area (Å²) in [5.41, 5.74) is 9.44. The van der Waals surface area contributed by atoms with Crippen molar-refractivity contribution < 1.29 is 4.42 Å². The molecule has 9 aromatic rings. The number of para-hydroxylation sites is 1. The van der Waals surface area contributed by atoms with Crippen molar-refractivity contribution in [2.24, 2.45) is 0 Å². The van der Waals surface area contributed by atoms with Gasteiger partial charge in [-0.1, -0.05) is 109 Å². The van der Waals surface area contributed by atoms with Gasteiger partial charge in [-0.3, -0.25) is 4.90 Å². The molecule has 6 aromatic carbocycles. The lowest BCUT2D eigenvalue weighted by Gasteiger charge is -2.25. The Morgan fingerprint density at radius 2 is 1.09 bits per heavy atom. The first-order valence-corrected chi connectivity index (χ1v) is 15.9. The molecule has 0 N–H and O–H groups in total. The topological polar surface area (TPSA) is 29.3 Å². The minimum absolute atomic E-state index is 0.786. The van der Waals surface area contributed by atoms with Crippen molar-refractivity contribution in [2.75, 3.05) is 4.90 Å². The molecular weight excluding hydrogens is 569 g/mol. The highest BCUT2D eigenvalue weighted by Crippen LogP contribution is 2.45. The SMILES string of the molecule is c1ccc(-c2ccc(-c3ccc(N(c4ccc5oc6ccccc6c5n4)c4cccc5c4sc4ccccc45)cc3)cc2)cc1. The first kappa shape index (κ1) is 25.8. The van der Waals surface area contributed by atoms with E-state index in [1.54, 1.807) is 0 Å². The number of thiophene rings is 1. The normalized spacial score (nSPS) is 11.6. The molecule has 0 fully saturated rings. The van der Waals surface area contributed by atoms with Crippen LogP contribution >= 0.6 is 11.3 Å². The second kappa shape index (κ2) is 10.5. The van der Waals surface area contributed by atoms with Crippen LogP contribution in [0.15, 0.2) is 162 Å². The molecule has 9 rings (SSSR count). The Bertz CT molecular complexity index is 2480. The van der Waals surface area contributed by atoms with Crippen molar-refractivity contribution >= 4 is 70.8 Å². The van der Waals surface area contributed by atoms with E-state index in [9.17, 15) is 0 Å². The minimum atomic E-state index is 0.786. The number of hydrogen-bond donors (Lipinski definition) is 0. The van der Waals surface area contributed by atoms with E-state index in [1.165, 1.54) is 42.4 Å². The number of aromatic nitrogens is 1. The lowest BCUT2D eigenvalue weighted by Crippen LogP contribution is -2.11. The number of hydrogen-bond acceptors (Lipinski definition) is 4. The number of rotatable bonds is 5. The fourth-order valence-corrected chi connectivity index (χ4v) is 7.50. The van der Waals surface area contributed by atoms with Crippen LogP contribution in [-0.4, -0.2) is 4.98 Å². The van der Waals surface area contributed by atoms with Crippen molar-refractivity contribution in [2.45, 2.75) is 0 Å². The van der Waals surface area contributed by atoms with E-state index in [1.807, 2.05) is 35.6 Å². The standard InChI is InChI=1S/C41H26N2OS/c1-2-9-27(10-3-1)28-17-19-29(20-18-28)30-21-23-31(24-22-30)43(35-14-8-13-33-32-11-5-7-16-38(32)45-41(33)35)39-26-25-37-40(42-39)34-12-4-6-15-36(34)44-37/h1-26H. The lowest BCUT2D eigenvalue weighted by molar-refractivity contribution is 0.668. The second-order valence-electron chi connectivity index (χ2n) is 11.2. The van der Waals surface area contributed by atoms with Gasteiger partial charge in [-0.2, -0.15) is 0 Å². The molecule has 3 aromatic heterocycles. The summed E-state index contributed by atoms with van der Waals surface area (Å²) < 4.78 is 8.64. The van der Waals surface area contributed by atoms with Crippen molar-refractivity contribution in [1.82, 2.24) is 4.98 Å². The molecule has 0 radical (unpaired) electrons. The summed E-state index contributed by atoms with van der Waals surface area (Å²) in [4.78, 5) is 7.51. The van der Waals surface area contributed by atoms with Crippen LogP contribution in [0.3, 0.4) is 0 Å².